The fourth-order valence-corrected chi connectivity index (χ4v) is 7.62. The standard InChI is InChI=1S/C18H34N6O4S2/c1-12-19-20-16(29-12)24-15-11-13(30(26,27)21-18(2)7-8-18)5-6-14(15)23(17(24)25)9-10-28-22(3)4/h12-16,19-21H,5-11H2,1-4H3. The molecule has 2 saturated heterocycles. The lowest BCUT2D eigenvalue weighted by atomic mass is 9.90. The van der Waals surface area contributed by atoms with Gasteiger partial charge in [-0.15, -0.1) is 11.8 Å². The first kappa shape index (κ1) is 22.6. The van der Waals surface area contributed by atoms with E-state index in [4.69, 9.17) is 4.84 Å². The zero-order valence-electron chi connectivity index (χ0n) is 18.1. The van der Waals surface area contributed by atoms with Crippen LogP contribution in [-0.4, -0.2) is 90.3 Å². The van der Waals surface area contributed by atoms with Gasteiger partial charge in [0.1, 0.15) is 5.50 Å². The van der Waals surface area contributed by atoms with Crippen LogP contribution in [0.4, 0.5) is 4.79 Å². The quantitative estimate of drug-likeness (QED) is 0.447. The molecule has 12 heteroatoms. The number of hydrazine groups is 1. The highest BCUT2D eigenvalue weighted by molar-refractivity contribution is 8.00. The van der Waals surface area contributed by atoms with Crippen LogP contribution in [0.2, 0.25) is 0 Å². The molecule has 0 bridgehead atoms. The lowest BCUT2D eigenvalue weighted by Gasteiger charge is -2.37. The molecule has 4 aliphatic rings. The molecule has 2 aliphatic carbocycles. The number of amides is 2. The molecule has 2 amide bonds. The summed E-state index contributed by atoms with van der Waals surface area (Å²) in [6.07, 6.45) is 3.49. The Balaban J connectivity index is 1.51. The molecule has 0 radical (unpaired) electrons. The zero-order valence-corrected chi connectivity index (χ0v) is 19.8. The highest BCUT2D eigenvalue weighted by atomic mass is 32.2. The maximum Gasteiger partial charge on any atom is 0.322 e. The lowest BCUT2D eigenvalue weighted by Crippen LogP contribution is -2.53. The topological polar surface area (TPSA) is 106 Å². The number of hydrogen-bond donors (Lipinski definition) is 3. The number of sulfonamides is 1. The van der Waals surface area contributed by atoms with Gasteiger partial charge in [0.15, 0.2) is 0 Å². The smallest absolute Gasteiger partial charge is 0.317 e. The van der Waals surface area contributed by atoms with E-state index in [1.165, 1.54) is 0 Å². The van der Waals surface area contributed by atoms with Crippen molar-refractivity contribution in [2.75, 3.05) is 27.2 Å². The van der Waals surface area contributed by atoms with Gasteiger partial charge in [0, 0.05) is 26.2 Å². The van der Waals surface area contributed by atoms with Crippen molar-refractivity contribution in [3.8, 4) is 0 Å². The van der Waals surface area contributed by atoms with Crippen molar-refractivity contribution in [3.63, 3.8) is 0 Å². The summed E-state index contributed by atoms with van der Waals surface area (Å²) in [6, 6.07) is -0.186. The summed E-state index contributed by atoms with van der Waals surface area (Å²) in [5, 5.41) is 1.33. The van der Waals surface area contributed by atoms with E-state index in [9.17, 15) is 13.2 Å². The third-order valence-corrected chi connectivity index (χ3v) is 9.67. The summed E-state index contributed by atoms with van der Waals surface area (Å²) in [4.78, 5) is 22.6. The van der Waals surface area contributed by atoms with Crippen LogP contribution in [-0.2, 0) is 14.9 Å². The van der Waals surface area contributed by atoms with Crippen molar-refractivity contribution >= 4 is 27.8 Å². The van der Waals surface area contributed by atoms with E-state index in [1.807, 2.05) is 37.7 Å². The van der Waals surface area contributed by atoms with Gasteiger partial charge in [0.2, 0.25) is 10.0 Å². The molecular weight excluding hydrogens is 428 g/mol. The molecule has 5 atom stereocenters. The molecule has 5 unspecified atom stereocenters. The minimum Gasteiger partial charge on any atom is -0.317 e. The fraction of sp³-hybridized carbons (Fsp3) is 0.944. The van der Waals surface area contributed by atoms with Crippen molar-refractivity contribution < 1.29 is 18.0 Å². The Kier molecular flexibility index (Phi) is 6.30. The highest BCUT2D eigenvalue weighted by Gasteiger charge is 2.54. The summed E-state index contributed by atoms with van der Waals surface area (Å²) in [5.74, 6) is 0. The predicted molar refractivity (Wildman–Crippen MR) is 116 cm³/mol. The summed E-state index contributed by atoms with van der Waals surface area (Å²) in [6.45, 7) is 4.90. The molecule has 4 fully saturated rings. The highest BCUT2D eigenvalue weighted by Crippen LogP contribution is 2.41. The first-order chi connectivity index (χ1) is 14.1. The minimum atomic E-state index is -3.42. The Morgan fingerprint density at radius 1 is 1.27 bits per heavy atom. The average molecular weight is 463 g/mol. The maximum atomic E-state index is 13.4. The van der Waals surface area contributed by atoms with Gasteiger partial charge in [0.05, 0.1) is 29.3 Å². The van der Waals surface area contributed by atoms with Gasteiger partial charge in [-0.2, -0.15) is 5.06 Å². The number of rotatable bonds is 8. The van der Waals surface area contributed by atoms with Gasteiger partial charge < -0.3 is 4.90 Å². The van der Waals surface area contributed by atoms with Gasteiger partial charge in [-0.25, -0.2) is 28.8 Å². The molecule has 0 aromatic heterocycles. The van der Waals surface area contributed by atoms with E-state index < -0.39 is 15.3 Å². The number of urea groups is 1. The second kappa shape index (κ2) is 8.38. The number of hydrogen-bond acceptors (Lipinski definition) is 8. The Bertz CT molecular complexity index is 762. The number of thioether (sulfide) groups is 1. The molecule has 2 aliphatic heterocycles. The molecule has 3 N–H and O–H groups in total. The van der Waals surface area contributed by atoms with Crippen molar-refractivity contribution in [1.29, 1.82) is 0 Å². The molecule has 10 nitrogen and oxygen atoms in total. The van der Waals surface area contributed by atoms with Crippen molar-refractivity contribution in [2.24, 2.45) is 0 Å². The monoisotopic (exact) mass is 462 g/mol. The Labute approximate surface area is 183 Å². The molecule has 2 heterocycles. The van der Waals surface area contributed by atoms with E-state index in [1.54, 1.807) is 16.8 Å². The molecule has 0 spiro atoms. The molecule has 4 rings (SSSR count). The number of carbonyl (C=O) groups is 1. The summed E-state index contributed by atoms with van der Waals surface area (Å²) >= 11 is 1.63. The van der Waals surface area contributed by atoms with E-state index >= 15 is 0 Å². The van der Waals surface area contributed by atoms with Gasteiger partial charge in [-0.1, -0.05) is 0 Å². The van der Waals surface area contributed by atoms with Crippen LogP contribution < -0.4 is 15.6 Å². The van der Waals surface area contributed by atoms with Gasteiger partial charge in [0.25, 0.3) is 0 Å². The number of nitrogens with zero attached hydrogens (tertiary/aromatic N) is 3. The number of fused-ring (bicyclic) bond motifs is 1. The van der Waals surface area contributed by atoms with Crippen molar-refractivity contribution in [3.05, 3.63) is 0 Å². The van der Waals surface area contributed by atoms with Gasteiger partial charge in [-0.05, 0) is 46.0 Å². The van der Waals surface area contributed by atoms with E-state index in [0.29, 0.717) is 32.4 Å². The molecule has 0 aromatic carbocycles. The predicted octanol–water partition coefficient (Wildman–Crippen LogP) is 0.449. The third-order valence-electron chi connectivity index (χ3n) is 6.46. The van der Waals surface area contributed by atoms with E-state index in [0.717, 1.165) is 12.8 Å². The van der Waals surface area contributed by atoms with Crippen LogP contribution in [0.25, 0.3) is 0 Å². The molecule has 0 aromatic rings. The van der Waals surface area contributed by atoms with Crippen LogP contribution in [0.1, 0.15) is 46.0 Å². The SMILES string of the molecule is CC1NNC(N2C(=O)N(CCON(C)C)C3CCC(S(=O)(=O)NC4(C)CC4)CC32)S1. The number of carbonyl (C=O) groups excluding carboxylic acids is 1. The largest absolute Gasteiger partial charge is 0.322 e. The van der Waals surface area contributed by atoms with Crippen LogP contribution in [0.3, 0.4) is 0 Å². The second-order valence-electron chi connectivity index (χ2n) is 9.23. The zero-order chi connectivity index (χ0) is 21.7. The Hall–Kier alpha value is -0.630. The van der Waals surface area contributed by atoms with Gasteiger partial charge in [-0.3, -0.25) is 9.74 Å². The maximum absolute atomic E-state index is 13.4. The average Bonchev–Trinajstić information content (AvgIpc) is 3.10. The number of hydroxylamine groups is 2. The molecule has 30 heavy (non-hydrogen) atoms. The lowest BCUT2D eigenvalue weighted by molar-refractivity contribution is -0.122. The van der Waals surface area contributed by atoms with Crippen LogP contribution >= 0.6 is 11.8 Å². The van der Waals surface area contributed by atoms with Crippen molar-refractivity contribution in [2.45, 2.75) is 79.7 Å². The normalized spacial score (nSPS) is 35.9. The van der Waals surface area contributed by atoms with Gasteiger partial charge >= 0.3 is 6.03 Å². The fourth-order valence-electron chi connectivity index (χ4n) is 4.63. The summed E-state index contributed by atoms with van der Waals surface area (Å²) < 4.78 is 29.0. The Morgan fingerprint density at radius 2 is 2.00 bits per heavy atom. The first-order valence-corrected chi connectivity index (χ1v) is 13.2. The van der Waals surface area contributed by atoms with Crippen molar-refractivity contribution in [1.82, 2.24) is 30.4 Å². The molecule has 172 valence electrons. The summed E-state index contributed by atoms with van der Waals surface area (Å²) in [5.41, 5.74) is 5.86. The van der Waals surface area contributed by atoms with Crippen LogP contribution in [0.15, 0.2) is 0 Å². The molecular formula is C18H34N6O4S2. The first-order valence-electron chi connectivity index (χ1n) is 10.7. The molecule has 2 saturated carbocycles. The van der Waals surface area contributed by atoms with E-state index in [-0.39, 0.29) is 34.5 Å². The summed E-state index contributed by atoms with van der Waals surface area (Å²) in [7, 11) is 0.213. The minimum absolute atomic E-state index is 0.00419. The van der Waals surface area contributed by atoms with E-state index in [2.05, 4.69) is 15.6 Å². The number of nitrogens with one attached hydrogen (secondary N) is 3. The second-order valence-corrected chi connectivity index (χ2v) is 12.6. The van der Waals surface area contributed by atoms with Crippen LogP contribution in [0, 0.1) is 0 Å². The van der Waals surface area contributed by atoms with Crippen LogP contribution in [0.5, 0.6) is 0 Å². The Morgan fingerprint density at radius 3 is 2.60 bits per heavy atom. The third kappa shape index (κ3) is 4.59.